The van der Waals surface area contributed by atoms with E-state index in [-0.39, 0.29) is 0 Å². The molecule has 8 aromatic carbocycles. The summed E-state index contributed by atoms with van der Waals surface area (Å²) < 4.78 is 2.17. The van der Waals surface area contributed by atoms with Gasteiger partial charge in [-0.15, -0.1) is 0 Å². The smallest absolute Gasteiger partial charge is 0.0998 e. The molecule has 0 unspecified atom stereocenters. The van der Waals surface area contributed by atoms with Crippen molar-refractivity contribution in [2.24, 2.45) is 0 Å². The molecule has 0 radical (unpaired) electrons. The van der Waals surface area contributed by atoms with E-state index in [2.05, 4.69) is 126 Å². The normalized spacial score (nSPS) is 11.1. The first kappa shape index (κ1) is 29.7. The van der Waals surface area contributed by atoms with E-state index >= 15 is 0 Å². The van der Waals surface area contributed by atoms with Crippen LogP contribution < -0.4 is 0 Å². The molecule has 234 valence electrons. The Kier molecular flexibility index (Phi) is 6.93. The molecule has 0 spiro atoms. The molecule has 4 heteroatoms. The van der Waals surface area contributed by atoms with Gasteiger partial charge >= 0.3 is 0 Å². The van der Waals surface area contributed by atoms with Gasteiger partial charge in [-0.1, -0.05) is 103 Å². The highest BCUT2D eigenvalue weighted by atomic mass is 15.0. The van der Waals surface area contributed by atoms with Crippen molar-refractivity contribution in [2.45, 2.75) is 0 Å². The van der Waals surface area contributed by atoms with Crippen molar-refractivity contribution < 1.29 is 0 Å². The van der Waals surface area contributed by atoms with Crippen molar-refractivity contribution in [3.05, 3.63) is 174 Å². The summed E-state index contributed by atoms with van der Waals surface area (Å²) in [6, 6.07) is 60.3. The second kappa shape index (κ2) is 11.9. The second-order valence-corrected chi connectivity index (χ2v) is 12.7. The van der Waals surface area contributed by atoms with E-state index in [4.69, 9.17) is 0 Å². The fourth-order valence-corrected chi connectivity index (χ4v) is 7.63. The van der Waals surface area contributed by atoms with Crippen LogP contribution in [-0.2, 0) is 0 Å². The van der Waals surface area contributed by atoms with Gasteiger partial charge in [-0.3, -0.25) is 0 Å². The molecule has 0 aliphatic heterocycles. The summed E-state index contributed by atoms with van der Waals surface area (Å²) in [7, 11) is 0. The van der Waals surface area contributed by atoms with Crippen LogP contribution in [0.15, 0.2) is 158 Å². The molecule has 51 heavy (non-hydrogen) atoms. The zero-order valence-electron chi connectivity index (χ0n) is 27.3. The minimum Gasteiger partial charge on any atom is -0.309 e. The maximum absolute atomic E-state index is 10.7. The molecule has 0 saturated carbocycles. The highest BCUT2D eigenvalue weighted by molar-refractivity contribution is 6.21. The highest BCUT2D eigenvalue weighted by Crippen LogP contribution is 2.45. The fraction of sp³-hybridized carbons (Fsp3) is 0. The monoisotopic (exact) mass is 646 g/mol. The molecule has 0 bridgehead atoms. The number of nitriles is 3. The van der Waals surface area contributed by atoms with Gasteiger partial charge in [0.15, 0.2) is 0 Å². The Morgan fingerprint density at radius 2 is 0.902 bits per heavy atom. The van der Waals surface area contributed by atoms with Gasteiger partial charge in [0.1, 0.15) is 0 Å². The quantitative estimate of drug-likeness (QED) is 0.179. The maximum atomic E-state index is 10.7. The van der Waals surface area contributed by atoms with Gasteiger partial charge in [-0.2, -0.15) is 15.8 Å². The molecule has 0 saturated heterocycles. The largest absolute Gasteiger partial charge is 0.309 e. The first-order chi connectivity index (χ1) is 25.2. The summed E-state index contributed by atoms with van der Waals surface area (Å²) in [5, 5.41) is 36.2. The van der Waals surface area contributed by atoms with E-state index < -0.39 is 0 Å². The zero-order chi connectivity index (χ0) is 34.5. The third-order valence-corrected chi connectivity index (χ3v) is 9.86. The fourth-order valence-electron chi connectivity index (χ4n) is 7.63. The number of aromatic nitrogens is 1. The van der Waals surface area contributed by atoms with Crippen LogP contribution in [0.4, 0.5) is 0 Å². The molecule has 9 rings (SSSR count). The van der Waals surface area contributed by atoms with E-state index in [0.29, 0.717) is 16.7 Å². The van der Waals surface area contributed by atoms with Crippen LogP contribution in [0.25, 0.3) is 82.4 Å². The van der Waals surface area contributed by atoms with Gasteiger partial charge < -0.3 is 4.57 Å². The number of rotatable bonds is 4. The molecule has 0 N–H and O–H groups in total. The lowest BCUT2D eigenvalue weighted by Crippen LogP contribution is -1.95. The van der Waals surface area contributed by atoms with Gasteiger partial charge in [0.25, 0.3) is 0 Å². The summed E-state index contributed by atoms with van der Waals surface area (Å²) in [6.07, 6.45) is 0. The van der Waals surface area contributed by atoms with E-state index in [1.165, 1.54) is 5.56 Å². The van der Waals surface area contributed by atoms with E-state index in [1.54, 1.807) is 0 Å². The van der Waals surface area contributed by atoms with Crippen molar-refractivity contribution in [3.63, 3.8) is 0 Å². The van der Waals surface area contributed by atoms with Crippen LogP contribution in [0.1, 0.15) is 16.7 Å². The number of nitrogens with zero attached hydrogens (tertiary/aromatic N) is 4. The van der Waals surface area contributed by atoms with Crippen molar-refractivity contribution >= 4 is 43.4 Å². The Balaban J connectivity index is 1.22. The number of fused-ring (bicyclic) bond motifs is 5. The maximum Gasteiger partial charge on any atom is 0.0998 e. The van der Waals surface area contributed by atoms with Gasteiger partial charge in [0.2, 0.25) is 0 Å². The van der Waals surface area contributed by atoms with Crippen LogP contribution in [0, 0.1) is 34.0 Å². The summed E-state index contributed by atoms with van der Waals surface area (Å²) in [5.74, 6) is 0. The summed E-state index contributed by atoms with van der Waals surface area (Å²) in [4.78, 5) is 0. The second-order valence-electron chi connectivity index (χ2n) is 12.7. The first-order valence-corrected chi connectivity index (χ1v) is 16.7. The Morgan fingerprint density at radius 1 is 0.373 bits per heavy atom. The topological polar surface area (TPSA) is 76.3 Å². The van der Waals surface area contributed by atoms with Crippen molar-refractivity contribution in [1.29, 1.82) is 15.8 Å². The van der Waals surface area contributed by atoms with Gasteiger partial charge in [-0.05, 0) is 104 Å². The summed E-state index contributed by atoms with van der Waals surface area (Å²) >= 11 is 0. The molecule has 0 aliphatic rings. The first-order valence-electron chi connectivity index (χ1n) is 16.7. The van der Waals surface area contributed by atoms with E-state index in [1.807, 2.05) is 54.6 Å². The average molecular weight is 647 g/mol. The lowest BCUT2D eigenvalue weighted by atomic mass is 9.84. The molecule has 9 aromatic rings. The molecule has 0 aliphatic carbocycles. The Labute approximate surface area is 294 Å². The van der Waals surface area contributed by atoms with Crippen LogP contribution in [0.3, 0.4) is 0 Å². The summed E-state index contributed by atoms with van der Waals surface area (Å²) in [6.45, 7) is 0. The molecule has 0 atom stereocenters. The van der Waals surface area contributed by atoms with Crippen LogP contribution in [0.5, 0.6) is 0 Å². The molecule has 0 fully saturated rings. The van der Waals surface area contributed by atoms with Crippen LogP contribution in [-0.4, -0.2) is 4.57 Å². The number of hydrogen-bond acceptors (Lipinski definition) is 3. The lowest BCUT2D eigenvalue weighted by molar-refractivity contribution is 1.18. The molecule has 1 aromatic heterocycles. The Hall–Kier alpha value is -7.45. The van der Waals surface area contributed by atoms with Gasteiger partial charge in [0, 0.05) is 22.0 Å². The molecular formula is C47H26N4. The molecule has 0 amide bonds. The third-order valence-electron chi connectivity index (χ3n) is 9.86. The minimum atomic E-state index is 0.567. The van der Waals surface area contributed by atoms with Gasteiger partial charge in [-0.25, -0.2) is 0 Å². The number of benzene rings is 8. The lowest BCUT2D eigenvalue weighted by Gasteiger charge is -2.18. The van der Waals surface area contributed by atoms with Crippen LogP contribution >= 0.6 is 0 Å². The molecule has 1 heterocycles. The SMILES string of the molecule is N#Cc1ccc2c(c1)c1cc(C#N)ccc1n2-c1cccc(-c2ccc(-c3c4ccccc4c(-c4ccccc4)c4ccccc34)c(C#N)c2)c1. The zero-order valence-corrected chi connectivity index (χ0v) is 27.3. The van der Waals surface area contributed by atoms with Crippen molar-refractivity contribution in [2.75, 3.05) is 0 Å². The predicted molar refractivity (Wildman–Crippen MR) is 206 cm³/mol. The predicted octanol–water partition coefficient (Wildman–Crippen LogP) is 11.7. The van der Waals surface area contributed by atoms with E-state index in [9.17, 15) is 15.8 Å². The Bertz CT molecular complexity index is 2870. The van der Waals surface area contributed by atoms with Gasteiger partial charge in [0.05, 0.1) is 45.9 Å². The molecule has 4 nitrogen and oxygen atoms in total. The van der Waals surface area contributed by atoms with E-state index in [0.717, 1.165) is 76.9 Å². The summed E-state index contributed by atoms with van der Waals surface area (Å²) in [5.41, 5.74) is 10.8. The average Bonchev–Trinajstić information content (AvgIpc) is 3.52. The van der Waals surface area contributed by atoms with Crippen LogP contribution in [0.2, 0.25) is 0 Å². The minimum absolute atomic E-state index is 0.567. The molecular weight excluding hydrogens is 621 g/mol. The Morgan fingerprint density at radius 3 is 1.47 bits per heavy atom. The van der Waals surface area contributed by atoms with Crippen molar-refractivity contribution in [1.82, 2.24) is 4.57 Å². The third kappa shape index (κ3) is 4.74. The highest BCUT2D eigenvalue weighted by Gasteiger charge is 2.19. The number of hydrogen-bond donors (Lipinski definition) is 0. The van der Waals surface area contributed by atoms with Crippen molar-refractivity contribution in [3.8, 4) is 57.3 Å². The standard InChI is InChI=1S/C47H26N4/c48-27-30-17-21-44-42(23-30)43-24-31(28-49)18-22-45(43)51(44)36-12-8-11-33(26-36)34-19-20-37(35(25-34)29-50)47-40-15-6-4-13-38(40)46(32-9-2-1-3-10-32)39-14-5-7-16-41(39)47/h1-26H.